The van der Waals surface area contributed by atoms with E-state index in [-0.39, 0.29) is 17.3 Å². The Labute approximate surface area is 138 Å². The average Bonchev–Trinajstić information content (AvgIpc) is 2.54. The molecule has 126 valence electrons. The molecule has 1 aromatic rings. The Morgan fingerprint density at radius 1 is 1.04 bits per heavy atom. The number of rotatable bonds is 3. The van der Waals surface area contributed by atoms with E-state index in [0.717, 1.165) is 19.3 Å². The lowest BCUT2D eigenvalue weighted by Gasteiger charge is -2.35. The number of carbonyl (C=O) groups excluding carboxylic acids is 2. The molecular weight excluding hydrogens is 290 g/mol. The molecule has 0 unspecified atom stereocenters. The van der Waals surface area contributed by atoms with Gasteiger partial charge >= 0.3 is 5.97 Å². The number of benzene rings is 1. The summed E-state index contributed by atoms with van der Waals surface area (Å²) in [5, 5.41) is 2.94. The van der Waals surface area contributed by atoms with Gasteiger partial charge in [-0.1, -0.05) is 52.2 Å². The molecule has 4 nitrogen and oxygen atoms in total. The lowest BCUT2D eigenvalue weighted by atomic mass is 9.81. The zero-order valence-corrected chi connectivity index (χ0v) is 14.6. The van der Waals surface area contributed by atoms with Crippen LogP contribution in [0.15, 0.2) is 24.3 Å². The highest BCUT2D eigenvalue weighted by Crippen LogP contribution is 2.30. The summed E-state index contributed by atoms with van der Waals surface area (Å²) in [6.07, 6.45) is 4.24. The van der Waals surface area contributed by atoms with Crippen molar-refractivity contribution in [1.82, 2.24) is 5.32 Å². The molecule has 1 N–H and O–H groups in total. The zero-order valence-electron chi connectivity index (χ0n) is 14.6. The fourth-order valence-electron chi connectivity index (χ4n) is 3.14. The van der Waals surface area contributed by atoms with Gasteiger partial charge in [0, 0.05) is 5.56 Å². The van der Waals surface area contributed by atoms with Gasteiger partial charge in [-0.2, -0.15) is 0 Å². The Bertz CT molecular complexity index is 563. The van der Waals surface area contributed by atoms with Crippen molar-refractivity contribution in [3.05, 3.63) is 35.4 Å². The maximum atomic E-state index is 12.6. The van der Waals surface area contributed by atoms with Gasteiger partial charge in [0.25, 0.3) is 5.91 Å². The first-order valence-corrected chi connectivity index (χ1v) is 8.30. The normalized spacial score (nSPS) is 17.4. The van der Waals surface area contributed by atoms with Gasteiger partial charge in [-0.3, -0.25) is 4.79 Å². The molecule has 23 heavy (non-hydrogen) atoms. The number of amides is 1. The Balaban J connectivity index is 2.17. The smallest absolute Gasteiger partial charge is 0.331 e. The number of nitrogens with one attached hydrogen (secondary N) is 1. The molecule has 0 saturated heterocycles. The van der Waals surface area contributed by atoms with E-state index < -0.39 is 5.54 Å². The average molecular weight is 317 g/mol. The fourth-order valence-corrected chi connectivity index (χ4v) is 3.14. The SMILES string of the molecule is COC(=O)C1(NC(=O)c2ccc(C(C)(C)C)cc2)CCCCC1. The number of hydrogen-bond acceptors (Lipinski definition) is 3. The topological polar surface area (TPSA) is 55.4 Å². The highest BCUT2D eigenvalue weighted by atomic mass is 16.5. The van der Waals surface area contributed by atoms with Gasteiger partial charge in [-0.25, -0.2) is 4.79 Å². The largest absolute Gasteiger partial charge is 0.467 e. The van der Waals surface area contributed by atoms with Gasteiger partial charge in [0.1, 0.15) is 5.54 Å². The van der Waals surface area contributed by atoms with Gasteiger partial charge in [-0.05, 0) is 36.0 Å². The summed E-state index contributed by atoms with van der Waals surface area (Å²) in [4.78, 5) is 24.8. The Kier molecular flexibility index (Phi) is 5.12. The summed E-state index contributed by atoms with van der Waals surface area (Å²) in [5.41, 5.74) is 0.930. The maximum absolute atomic E-state index is 12.6. The number of carbonyl (C=O) groups is 2. The van der Waals surface area contributed by atoms with Crippen LogP contribution in [0.25, 0.3) is 0 Å². The number of esters is 1. The molecule has 4 heteroatoms. The first kappa shape index (κ1) is 17.5. The predicted octanol–water partition coefficient (Wildman–Crippen LogP) is 3.59. The van der Waals surface area contributed by atoms with Crippen LogP contribution in [-0.2, 0) is 14.9 Å². The minimum Gasteiger partial charge on any atom is -0.467 e. The van der Waals surface area contributed by atoms with E-state index in [9.17, 15) is 9.59 Å². The summed E-state index contributed by atoms with van der Waals surface area (Å²) in [5.74, 6) is -0.547. The molecule has 1 amide bonds. The van der Waals surface area contributed by atoms with Crippen LogP contribution in [0.4, 0.5) is 0 Å². The summed E-state index contributed by atoms with van der Waals surface area (Å²) < 4.78 is 4.94. The third-order valence-electron chi connectivity index (χ3n) is 4.65. The molecule has 0 bridgehead atoms. The first-order valence-electron chi connectivity index (χ1n) is 8.30. The van der Waals surface area contributed by atoms with E-state index in [1.807, 2.05) is 24.3 Å². The molecule has 0 aromatic heterocycles. The zero-order chi connectivity index (χ0) is 17.1. The summed E-state index contributed by atoms with van der Waals surface area (Å²) >= 11 is 0. The van der Waals surface area contributed by atoms with Crippen molar-refractivity contribution in [3.63, 3.8) is 0 Å². The molecule has 1 aromatic carbocycles. The summed E-state index contributed by atoms with van der Waals surface area (Å²) in [6, 6.07) is 7.59. The number of methoxy groups -OCH3 is 1. The number of ether oxygens (including phenoxy) is 1. The van der Waals surface area contributed by atoms with Gasteiger partial charge in [-0.15, -0.1) is 0 Å². The van der Waals surface area contributed by atoms with Crippen molar-refractivity contribution in [2.75, 3.05) is 7.11 Å². The van der Waals surface area contributed by atoms with Crippen LogP contribution >= 0.6 is 0 Å². The van der Waals surface area contributed by atoms with Crippen LogP contribution in [0.2, 0.25) is 0 Å². The van der Waals surface area contributed by atoms with Crippen LogP contribution in [-0.4, -0.2) is 24.5 Å². The predicted molar refractivity (Wildman–Crippen MR) is 90.4 cm³/mol. The minimum atomic E-state index is -0.868. The van der Waals surface area contributed by atoms with E-state index in [0.29, 0.717) is 18.4 Å². The summed E-state index contributed by atoms with van der Waals surface area (Å²) in [6.45, 7) is 6.41. The van der Waals surface area contributed by atoms with Crippen molar-refractivity contribution in [2.45, 2.75) is 63.8 Å². The minimum absolute atomic E-state index is 0.0472. The van der Waals surface area contributed by atoms with Crippen molar-refractivity contribution in [3.8, 4) is 0 Å². The monoisotopic (exact) mass is 317 g/mol. The van der Waals surface area contributed by atoms with Crippen LogP contribution in [0, 0.1) is 0 Å². The second-order valence-corrected chi connectivity index (χ2v) is 7.42. The van der Waals surface area contributed by atoms with Crippen LogP contribution in [0.1, 0.15) is 68.8 Å². The molecule has 0 spiro atoms. The molecule has 1 aliphatic rings. The van der Waals surface area contributed by atoms with Gasteiger partial charge in [0.2, 0.25) is 0 Å². The second kappa shape index (κ2) is 6.73. The van der Waals surface area contributed by atoms with E-state index >= 15 is 0 Å². The van der Waals surface area contributed by atoms with Crippen molar-refractivity contribution in [1.29, 1.82) is 0 Å². The van der Waals surface area contributed by atoms with Gasteiger partial charge in [0.15, 0.2) is 0 Å². The third-order valence-corrected chi connectivity index (χ3v) is 4.65. The molecular formula is C19H27NO3. The molecule has 2 rings (SSSR count). The molecule has 0 heterocycles. The molecule has 0 atom stereocenters. The van der Waals surface area contributed by atoms with Crippen molar-refractivity contribution in [2.24, 2.45) is 0 Å². The van der Waals surface area contributed by atoms with E-state index in [1.165, 1.54) is 12.7 Å². The summed E-state index contributed by atoms with van der Waals surface area (Å²) in [7, 11) is 1.38. The molecule has 0 radical (unpaired) electrons. The standard InChI is InChI=1S/C19H27NO3/c1-18(2,3)15-10-8-14(9-11-15)16(21)20-19(17(22)23-4)12-6-5-7-13-19/h8-11H,5-7,12-13H2,1-4H3,(H,20,21). The first-order chi connectivity index (χ1) is 10.8. The lowest BCUT2D eigenvalue weighted by Crippen LogP contribution is -2.56. The Morgan fingerprint density at radius 2 is 1.61 bits per heavy atom. The van der Waals surface area contributed by atoms with Crippen LogP contribution < -0.4 is 5.32 Å². The molecule has 0 aliphatic heterocycles. The lowest BCUT2D eigenvalue weighted by molar-refractivity contribution is -0.149. The highest BCUT2D eigenvalue weighted by Gasteiger charge is 2.42. The Morgan fingerprint density at radius 3 is 2.09 bits per heavy atom. The third kappa shape index (κ3) is 3.92. The highest BCUT2D eigenvalue weighted by molar-refractivity contribution is 5.98. The van der Waals surface area contributed by atoms with E-state index in [1.54, 1.807) is 0 Å². The quantitative estimate of drug-likeness (QED) is 0.867. The number of hydrogen-bond donors (Lipinski definition) is 1. The van der Waals surface area contributed by atoms with E-state index in [2.05, 4.69) is 26.1 Å². The van der Waals surface area contributed by atoms with Crippen LogP contribution in [0.5, 0.6) is 0 Å². The Hall–Kier alpha value is -1.84. The molecule has 1 fully saturated rings. The van der Waals surface area contributed by atoms with Crippen molar-refractivity contribution < 1.29 is 14.3 Å². The second-order valence-electron chi connectivity index (χ2n) is 7.42. The van der Waals surface area contributed by atoms with Gasteiger partial charge in [0.05, 0.1) is 7.11 Å². The van der Waals surface area contributed by atoms with Crippen molar-refractivity contribution >= 4 is 11.9 Å². The van der Waals surface area contributed by atoms with E-state index in [4.69, 9.17) is 4.74 Å². The molecule has 1 aliphatic carbocycles. The fraction of sp³-hybridized carbons (Fsp3) is 0.579. The van der Waals surface area contributed by atoms with Gasteiger partial charge < -0.3 is 10.1 Å². The maximum Gasteiger partial charge on any atom is 0.331 e. The molecule has 1 saturated carbocycles. The van der Waals surface area contributed by atoms with Crippen LogP contribution in [0.3, 0.4) is 0 Å².